The van der Waals surface area contributed by atoms with Gasteiger partial charge in [0.15, 0.2) is 0 Å². The second kappa shape index (κ2) is 18.1. The van der Waals surface area contributed by atoms with Crippen LogP contribution in [0.15, 0.2) is 212 Å². The monoisotopic (exact) mass is 1150 g/mol. The summed E-state index contributed by atoms with van der Waals surface area (Å²) in [5, 5.41) is 5.05. The number of fused-ring (bicyclic) bond motifs is 10. The second-order valence-electron chi connectivity index (χ2n) is 19.5. The summed E-state index contributed by atoms with van der Waals surface area (Å²) in [4.78, 5) is 10.9. The molecule has 0 unspecified atom stereocenters. The van der Waals surface area contributed by atoms with E-state index >= 15 is 0 Å². The molecule has 358 valence electrons. The van der Waals surface area contributed by atoms with Gasteiger partial charge in [0.1, 0.15) is 13.9 Å². The predicted molar refractivity (Wildman–Crippen MR) is 300 cm³/mol. The largest absolute Gasteiger partial charge is 0.509 e. The maximum atomic E-state index is 9.12. The Kier molecular flexibility index (Phi) is 8.96. The third-order valence-electron chi connectivity index (χ3n) is 14.0. The average molecular weight is 1150 g/mol. The van der Waals surface area contributed by atoms with Gasteiger partial charge >= 0.3 is 0 Å². The molecule has 1 spiro atoms. The molecule has 4 heterocycles. The molecule has 0 fully saturated rings. The van der Waals surface area contributed by atoms with E-state index < -0.39 is 68.5 Å². The summed E-state index contributed by atoms with van der Waals surface area (Å²) in [6, 6.07) is 51.0. The molecule has 0 N–H and O–H groups in total. The van der Waals surface area contributed by atoms with E-state index in [2.05, 4.69) is 131 Å². The molecule has 0 aliphatic carbocycles. The van der Waals surface area contributed by atoms with Gasteiger partial charge < -0.3 is 19.4 Å². The summed E-state index contributed by atoms with van der Waals surface area (Å²) in [6.45, 7) is 12.7. The molecule has 7 heteroatoms. The standard InChI is InChI=1S/C66H51N4OSi.Pt/c1-44-30-33-60-54(38-44)55-39-45(2)31-34-61(55)72(60)62-29-15-14-28-58(62)70(64-40-48(36-37-67-64)66(3,4)5)59-42-51(32-35-63(59)72)71-50-23-16-22-49(41-50)68-43-69(57-27-13-12-26-56(57)68)65-52(46-18-8-6-9-19-46)24-17-25-53(65)47-20-10-7-11-21-47;/h6-40,43H,1-5H3;/q-3;/i6D,7D,8D,9D,10D,11D,18D,19D,20D,21D;. The van der Waals surface area contributed by atoms with E-state index in [9.17, 15) is 0 Å². The van der Waals surface area contributed by atoms with Crippen molar-refractivity contribution in [2.45, 2.75) is 40.0 Å². The molecule has 73 heavy (non-hydrogen) atoms. The van der Waals surface area contributed by atoms with Gasteiger partial charge in [-0.1, -0.05) is 183 Å². The van der Waals surface area contributed by atoms with Gasteiger partial charge in [-0.05, 0) is 93.0 Å². The van der Waals surface area contributed by atoms with E-state index in [1.54, 1.807) is 29.8 Å². The number of nitrogens with zero attached hydrogens (tertiary/aromatic N) is 4. The van der Waals surface area contributed by atoms with Gasteiger partial charge in [0, 0.05) is 72.6 Å². The number of ether oxygens (including phenoxy) is 1. The number of hydrogen-bond donors (Lipinski definition) is 0. The molecule has 3 aliphatic rings. The number of anilines is 7. The number of hydrogen-bond acceptors (Lipinski definition) is 5. The Bertz CT molecular complexity index is 4180. The normalized spacial score (nSPS) is 15.6. The molecular weight excluding hydrogens is 1090 g/mol. The zero-order valence-corrected chi connectivity index (χ0v) is 43.8. The van der Waals surface area contributed by atoms with E-state index in [1.165, 1.54) is 37.8 Å². The first-order valence-electron chi connectivity index (χ1n) is 29.0. The van der Waals surface area contributed by atoms with Crippen molar-refractivity contribution in [1.29, 1.82) is 0 Å². The van der Waals surface area contributed by atoms with Crippen molar-refractivity contribution < 1.29 is 39.5 Å². The first-order valence-corrected chi connectivity index (χ1v) is 26.0. The SMILES string of the molecule is [2H]c1c([2H])c([2H])c(-c2cccc(-c3c([2H])c([2H])c([2H])c([2H])c3[2H])c2N2[CH-]N(c3[c-]c(Oc4[c-]c5c(cc4)[Si]4(c6ccc(C)cc6-c6cc(C)ccc64)c4ccccc4N5c4cc(C(C)(C)C)ccn4)ccc3)c3ccccc32)c([2H])c1[2H].[Pt]. The van der Waals surface area contributed by atoms with Crippen LogP contribution in [0.5, 0.6) is 11.5 Å². The molecule has 3 aliphatic heterocycles. The van der Waals surface area contributed by atoms with Crippen LogP contribution < -0.4 is 40.2 Å². The first-order chi connectivity index (χ1) is 39.3. The summed E-state index contributed by atoms with van der Waals surface area (Å²) in [5.41, 5.74) is 9.85. The van der Waals surface area contributed by atoms with Gasteiger partial charge in [0.2, 0.25) is 0 Å². The molecule has 5 nitrogen and oxygen atoms in total. The topological polar surface area (TPSA) is 31.8 Å². The van der Waals surface area contributed by atoms with Gasteiger partial charge in [-0.15, -0.1) is 47.9 Å². The van der Waals surface area contributed by atoms with E-state index in [0.29, 0.717) is 28.6 Å². The molecular formula is C66H51N4OPtSi-3. The van der Waals surface area contributed by atoms with Crippen molar-refractivity contribution in [2.75, 3.05) is 14.7 Å². The minimum absolute atomic E-state index is 0. The number of aryl methyl sites for hydroxylation is 2. The van der Waals surface area contributed by atoms with Crippen LogP contribution in [0.3, 0.4) is 0 Å². The van der Waals surface area contributed by atoms with Gasteiger partial charge in [0.25, 0.3) is 0 Å². The fourth-order valence-electron chi connectivity index (χ4n) is 10.9. The summed E-state index contributed by atoms with van der Waals surface area (Å²) < 4.78 is 94.8. The quantitative estimate of drug-likeness (QED) is 0.117. The van der Waals surface area contributed by atoms with E-state index in [1.807, 2.05) is 59.6 Å². The van der Waals surface area contributed by atoms with Crippen LogP contribution in [0.4, 0.5) is 39.9 Å². The molecule has 0 saturated carbocycles. The van der Waals surface area contributed by atoms with Gasteiger partial charge in [-0.3, -0.25) is 0 Å². The Morgan fingerprint density at radius 3 is 1.77 bits per heavy atom. The number of pyridine rings is 1. The molecule has 9 aromatic carbocycles. The van der Waals surface area contributed by atoms with Crippen molar-refractivity contribution in [2.24, 2.45) is 0 Å². The van der Waals surface area contributed by atoms with E-state index in [0.717, 1.165) is 27.9 Å². The number of benzene rings is 9. The van der Waals surface area contributed by atoms with Gasteiger partial charge in [-0.2, -0.15) is 12.1 Å². The number of para-hydroxylation sites is 4. The maximum Gasteiger partial charge on any atom is 0.135 e. The van der Waals surface area contributed by atoms with Gasteiger partial charge in [0.05, 0.1) is 13.7 Å². The van der Waals surface area contributed by atoms with Crippen molar-refractivity contribution in [3.05, 3.63) is 248 Å². The summed E-state index contributed by atoms with van der Waals surface area (Å²) in [6.07, 6.45) is 1.88. The Balaban J connectivity index is 0.00000680. The van der Waals surface area contributed by atoms with Crippen LogP contribution in [0.2, 0.25) is 0 Å². The average Bonchev–Trinajstić information content (AvgIpc) is 1.65. The Hall–Kier alpha value is -7.76. The summed E-state index contributed by atoms with van der Waals surface area (Å²) in [7, 11) is -3.04. The molecule has 0 atom stereocenters. The Labute approximate surface area is 458 Å². The summed E-state index contributed by atoms with van der Waals surface area (Å²) >= 11 is 0. The molecule has 1 aromatic heterocycles. The minimum Gasteiger partial charge on any atom is -0.509 e. The van der Waals surface area contributed by atoms with Crippen molar-refractivity contribution >= 4 is 68.8 Å². The fourth-order valence-corrected chi connectivity index (χ4v) is 16.3. The molecule has 0 amide bonds. The third kappa shape index (κ3) is 7.57. The van der Waals surface area contributed by atoms with E-state index in [4.69, 9.17) is 23.4 Å². The second-order valence-corrected chi connectivity index (χ2v) is 23.1. The van der Waals surface area contributed by atoms with Crippen molar-refractivity contribution in [1.82, 2.24) is 4.98 Å². The zero-order valence-electron chi connectivity index (χ0n) is 50.5. The maximum absolute atomic E-state index is 9.12. The van der Waals surface area contributed by atoms with Crippen molar-refractivity contribution in [3.63, 3.8) is 0 Å². The fraction of sp³-hybridized carbons (Fsp3) is 0.0909. The van der Waals surface area contributed by atoms with Crippen LogP contribution in [0.1, 0.15) is 51.2 Å². The summed E-state index contributed by atoms with van der Waals surface area (Å²) in [5.74, 6) is 1.58. The molecule has 13 rings (SSSR count). The molecule has 10 aromatic rings. The Morgan fingerprint density at radius 2 is 1.12 bits per heavy atom. The smallest absolute Gasteiger partial charge is 0.135 e. The molecule has 0 bridgehead atoms. The molecule has 0 saturated heterocycles. The van der Waals surface area contributed by atoms with E-state index in [-0.39, 0.29) is 54.4 Å². The predicted octanol–water partition coefficient (Wildman–Crippen LogP) is 14.3. The van der Waals surface area contributed by atoms with Crippen LogP contribution in [-0.4, -0.2) is 13.1 Å². The third-order valence-corrected chi connectivity index (χ3v) is 19.0. The first kappa shape index (κ1) is 36.2. The Morgan fingerprint density at radius 1 is 0.548 bits per heavy atom. The van der Waals surface area contributed by atoms with Gasteiger partial charge in [-0.25, -0.2) is 4.98 Å². The van der Waals surface area contributed by atoms with Crippen LogP contribution in [-0.2, 0) is 26.5 Å². The minimum atomic E-state index is -3.04. The zero-order chi connectivity index (χ0) is 57.4. The van der Waals surface area contributed by atoms with Crippen LogP contribution in [0, 0.1) is 32.6 Å². The molecule has 0 radical (unpaired) electrons. The van der Waals surface area contributed by atoms with Crippen molar-refractivity contribution in [3.8, 4) is 44.9 Å². The number of rotatable bonds is 7. The van der Waals surface area contributed by atoms with Crippen LogP contribution in [0.25, 0.3) is 33.4 Å². The number of aromatic nitrogens is 1. The van der Waals surface area contributed by atoms with Crippen LogP contribution >= 0.6 is 0 Å².